The molecule has 0 unspecified atom stereocenters. The van der Waals surface area contributed by atoms with Crippen LogP contribution in [0.5, 0.6) is 0 Å². The lowest BCUT2D eigenvalue weighted by molar-refractivity contribution is -0.137. The van der Waals surface area contributed by atoms with Crippen molar-refractivity contribution in [2.24, 2.45) is 0 Å². The molecule has 1 rings (SSSR count). The number of aliphatic carboxylic acids is 2. The van der Waals surface area contributed by atoms with Gasteiger partial charge in [-0.2, -0.15) is 0 Å². The number of carbonyl (C=O) groups is 3. The van der Waals surface area contributed by atoms with Crippen molar-refractivity contribution in [1.29, 1.82) is 0 Å². The summed E-state index contributed by atoms with van der Waals surface area (Å²) in [6.07, 6.45) is 0.364. The number of hydrogen-bond donors (Lipinski definition) is 3. The van der Waals surface area contributed by atoms with Gasteiger partial charge < -0.3 is 15.3 Å². The van der Waals surface area contributed by atoms with E-state index in [1.165, 1.54) is 6.07 Å². The van der Waals surface area contributed by atoms with Gasteiger partial charge in [0.2, 0.25) is 0 Å². The van der Waals surface area contributed by atoms with E-state index in [4.69, 9.17) is 15.3 Å². The molecule has 7 heteroatoms. The van der Waals surface area contributed by atoms with Gasteiger partial charge in [0.1, 0.15) is 0 Å². The Morgan fingerprint density at radius 3 is 1.85 bits per heavy atom. The summed E-state index contributed by atoms with van der Waals surface area (Å²) in [5.41, 5.74) is 0.120. The van der Waals surface area contributed by atoms with Gasteiger partial charge >= 0.3 is 17.9 Å². The highest BCUT2D eigenvalue weighted by Gasteiger charge is 2.20. The molecular weight excluding hydrogens is 283 g/mol. The van der Waals surface area contributed by atoms with Crippen molar-refractivity contribution >= 4 is 31.1 Å². The van der Waals surface area contributed by atoms with E-state index < -0.39 is 25.8 Å². The molecule has 0 aliphatic heterocycles. The minimum Gasteiger partial charge on any atom is -0.481 e. The molecule has 0 aliphatic carbocycles. The molecule has 0 bridgehead atoms. The maximum Gasteiger partial charge on any atom is 0.336 e. The normalized spacial score (nSPS) is 10.4. The summed E-state index contributed by atoms with van der Waals surface area (Å²) >= 11 is 0. The highest BCUT2D eigenvalue weighted by Crippen LogP contribution is 2.37. The van der Waals surface area contributed by atoms with E-state index in [-0.39, 0.29) is 30.7 Å². The Kier molecular flexibility index (Phi) is 6.12. The zero-order chi connectivity index (χ0) is 15.1. The van der Waals surface area contributed by atoms with E-state index in [1.807, 2.05) is 0 Å². The average molecular weight is 298 g/mol. The van der Waals surface area contributed by atoms with Crippen LogP contribution < -0.4 is 5.30 Å². The van der Waals surface area contributed by atoms with Crippen LogP contribution in [0.1, 0.15) is 23.2 Å². The third kappa shape index (κ3) is 4.97. The van der Waals surface area contributed by atoms with E-state index in [9.17, 15) is 14.4 Å². The Bertz CT molecular complexity index is 495. The van der Waals surface area contributed by atoms with Crippen LogP contribution >= 0.6 is 7.92 Å². The van der Waals surface area contributed by atoms with Crippen molar-refractivity contribution in [1.82, 2.24) is 0 Å². The first-order valence-electron chi connectivity index (χ1n) is 5.92. The van der Waals surface area contributed by atoms with E-state index in [0.29, 0.717) is 5.30 Å². The van der Waals surface area contributed by atoms with Gasteiger partial charge in [-0.3, -0.25) is 9.59 Å². The molecule has 1 aromatic rings. The van der Waals surface area contributed by atoms with Crippen LogP contribution in [0.4, 0.5) is 0 Å². The Morgan fingerprint density at radius 2 is 1.40 bits per heavy atom. The molecule has 20 heavy (non-hydrogen) atoms. The number of rotatable bonds is 8. The van der Waals surface area contributed by atoms with Crippen molar-refractivity contribution in [2.75, 3.05) is 12.3 Å². The van der Waals surface area contributed by atoms with Gasteiger partial charge in [-0.25, -0.2) is 4.79 Å². The molecule has 0 aromatic heterocycles. The lowest BCUT2D eigenvalue weighted by atomic mass is 10.2. The monoisotopic (exact) mass is 298 g/mol. The molecule has 3 N–H and O–H groups in total. The first-order valence-corrected chi connectivity index (χ1v) is 7.64. The summed E-state index contributed by atoms with van der Waals surface area (Å²) in [6, 6.07) is 6.36. The second-order valence-electron chi connectivity index (χ2n) is 4.10. The Morgan fingerprint density at radius 1 is 0.900 bits per heavy atom. The zero-order valence-electron chi connectivity index (χ0n) is 10.7. The molecular formula is C13H15O6P. The molecule has 1 aromatic carbocycles. The van der Waals surface area contributed by atoms with Gasteiger partial charge in [-0.1, -0.05) is 26.1 Å². The molecule has 0 heterocycles. The van der Waals surface area contributed by atoms with Crippen LogP contribution in [0.2, 0.25) is 0 Å². The molecule has 6 nitrogen and oxygen atoms in total. The lowest BCUT2D eigenvalue weighted by Gasteiger charge is -2.18. The maximum atomic E-state index is 11.2. The molecule has 0 atom stereocenters. The van der Waals surface area contributed by atoms with Crippen LogP contribution in [0, 0.1) is 0 Å². The standard InChI is InChI=1S/C13H15O6P/c14-11(15)5-7-20(8-6-12(16)17)10-4-2-1-3-9(10)13(18)19/h1-4H,5-8H2,(H,14,15)(H,16,17)(H,18,19). The van der Waals surface area contributed by atoms with Crippen molar-refractivity contribution in [3.8, 4) is 0 Å². The Labute approximate surface area is 116 Å². The van der Waals surface area contributed by atoms with Crippen molar-refractivity contribution in [2.45, 2.75) is 12.8 Å². The molecule has 0 spiro atoms. The third-order valence-corrected chi connectivity index (χ3v) is 5.26. The minimum atomic E-state index is -1.12. The summed E-state index contributed by atoms with van der Waals surface area (Å²) in [5.74, 6) is -3.03. The molecule has 0 saturated heterocycles. The van der Waals surface area contributed by atoms with Gasteiger partial charge in [-0.05, 0) is 23.7 Å². The third-order valence-electron chi connectivity index (χ3n) is 2.67. The van der Waals surface area contributed by atoms with Crippen LogP contribution in [0.3, 0.4) is 0 Å². The topological polar surface area (TPSA) is 112 Å². The van der Waals surface area contributed by atoms with Gasteiger partial charge in [0.05, 0.1) is 5.56 Å². The quantitative estimate of drug-likeness (QED) is 0.626. The summed E-state index contributed by atoms with van der Waals surface area (Å²) in [5, 5.41) is 27.2. The molecule has 0 amide bonds. The number of benzene rings is 1. The first kappa shape index (κ1) is 16.1. The SMILES string of the molecule is O=C(O)CCP(CCC(=O)O)c1ccccc1C(=O)O. The van der Waals surface area contributed by atoms with Gasteiger partial charge in [0.25, 0.3) is 0 Å². The summed E-state index contributed by atoms with van der Waals surface area (Å²) in [7, 11) is -1.12. The predicted molar refractivity (Wildman–Crippen MR) is 74.2 cm³/mol. The predicted octanol–water partition coefficient (Wildman–Crippen LogP) is 1.44. The Balaban J connectivity index is 2.98. The molecule has 108 valence electrons. The minimum absolute atomic E-state index is 0.0979. The smallest absolute Gasteiger partial charge is 0.336 e. The van der Waals surface area contributed by atoms with E-state index in [0.717, 1.165) is 0 Å². The molecule has 0 saturated carbocycles. The second kappa shape index (κ2) is 7.60. The number of aromatic carboxylic acids is 1. The average Bonchev–Trinajstić information content (AvgIpc) is 2.38. The Hall–Kier alpha value is -1.94. The fourth-order valence-corrected chi connectivity index (χ4v) is 4.18. The maximum absolute atomic E-state index is 11.2. The van der Waals surface area contributed by atoms with Crippen LogP contribution in [0.25, 0.3) is 0 Å². The number of hydrogen-bond acceptors (Lipinski definition) is 3. The van der Waals surface area contributed by atoms with Crippen molar-refractivity contribution < 1.29 is 29.7 Å². The molecule has 0 aliphatic rings. The van der Waals surface area contributed by atoms with Crippen molar-refractivity contribution in [3.05, 3.63) is 29.8 Å². The summed E-state index contributed by atoms with van der Waals surface area (Å²) in [4.78, 5) is 32.5. The van der Waals surface area contributed by atoms with E-state index >= 15 is 0 Å². The van der Waals surface area contributed by atoms with Crippen molar-refractivity contribution in [3.63, 3.8) is 0 Å². The number of carboxylic acid groups (broad SMARTS) is 3. The van der Waals surface area contributed by atoms with E-state index in [2.05, 4.69) is 0 Å². The van der Waals surface area contributed by atoms with Crippen LogP contribution in [-0.4, -0.2) is 45.6 Å². The van der Waals surface area contributed by atoms with Gasteiger partial charge in [-0.15, -0.1) is 0 Å². The summed E-state index contributed by atoms with van der Waals surface area (Å²) in [6.45, 7) is 0. The van der Waals surface area contributed by atoms with Gasteiger partial charge in [0.15, 0.2) is 0 Å². The lowest BCUT2D eigenvalue weighted by Crippen LogP contribution is -2.18. The second-order valence-corrected chi connectivity index (χ2v) is 6.55. The van der Waals surface area contributed by atoms with Crippen LogP contribution in [-0.2, 0) is 9.59 Å². The van der Waals surface area contributed by atoms with Gasteiger partial charge in [0, 0.05) is 12.8 Å². The van der Waals surface area contributed by atoms with E-state index in [1.54, 1.807) is 18.2 Å². The fourth-order valence-electron chi connectivity index (χ4n) is 1.74. The van der Waals surface area contributed by atoms with Crippen LogP contribution in [0.15, 0.2) is 24.3 Å². The first-order chi connectivity index (χ1) is 9.41. The highest BCUT2D eigenvalue weighted by molar-refractivity contribution is 7.65. The largest absolute Gasteiger partial charge is 0.481 e. The summed E-state index contributed by atoms with van der Waals surface area (Å²) < 4.78 is 0. The molecule has 0 radical (unpaired) electrons. The fraction of sp³-hybridized carbons (Fsp3) is 0.308. The molecule has 0 fully saturated rings. The highest BCUT2D eigenvalue weighted by atomic mass is 31.1. The number of carboxylic acids is 3. The zero-order valence-corrected chi connectivity index (χ0v) is 11.5.